The quantitative estimate of drug-likeness (QED) is 0.710. The smallest absolute Gasteiger partial charge is 0.225 e. The standard InChI is InChI=1S/C13H24BrNO/c1-4-13(5-2,9-14)10-15-8-6-7-11(3)12(15)16/h11H,4-10H2,1-3H3. The Morgan fingerprint density at radius 3 is 2.56 bits per heavy atom. The molecule has 0 aromatic carbocycles. The number of likely N-dealkylation sites (tertiary alicyclic amines) is 1. The van der Waals surface area contributed by atoms with Crippen LogP contribution in [0.4, 0.5) is 0 Å². The van der Waals surface area contributed by atoms with Gasteiger partial charge in [-0.1, -0.05) is 36.7 Å². The highest BCUT2D eigenvalue weighted by atomic mass is 79.9. The topological polar surface area (TPSA) is 20.3 Å². The SMILES string of the molecule is CCC(CC)(CBr)CN1CCCC(C)C1=O. The minimum atomic E-state index is 0.232. The Labute approximate surface area is 108 Å². The first-order valence-corrected chi connectivity index (χ1v) is 7.55. The number of nitrogens with zero attached hydrogens (tertiary/aromatic N) is 1. The second kappa shape index (κ2) is 6.04. The molecule has 0 aliphatic carbocycles. The van der Waals surface area contributed by atoms with E-state index in [-0.39, 0.29) is 11.3 Å². The summed E-state index contributed by atoms with van der Waals surface area (Å²) in [5, 5.41) is 0.991. The van der Waals surface area contributed by atoms with Gasteiger partial charge in [0.25, 0.3) is 0 Å². The molecule has 0 spiro atoms. The summed E-state index contributed by atoms with van der Waals surface area (Å²) in [5.41, 5.74) is 0.271. The molecular weight excluding hydrogens is 266 g/mol. The number of hydrogen-bond donors (Lipinski definition) is 0. The predicted molar refractivity (Wildman–Crippen MR) is 71.8 cm³/mol. The number of piperidine rings is 1. The van der Waals surface area contributed by atoms with Crippen molar-refractivity contribution in [1.82, 2.24) is 4.90 Å². The van der Waals surface area contributed by atoms with Gasteiger partial charge >= 0.3 is 0 Å². The molecule has 1 heterocycles. The average Bonchev–Trinajstić information content (AvgIpc) is 2.32. The summed E-state index contributed by atoms with van der Waals surface area (Å²) in [5.74, 6) is 0.592. The molecule has 0 saturated carbocycles. The van der Waals surface area contributed by atoms with Crippen LogP contribution < -0.4 is 0 Å². The van der Waals surface area contributed by atoms with Crippen LogP contribution in [0.2, 0.25) is 0 Å². The molecule has 1 fully saturated rings. The number of hydrogen-bond acceptors (Lipinski definition) is 1. The molecule has 1 saturated heterocycles. The monoisotopic (exact) mass is 289 g/mol. The van der Waals surface area contributed by atoms with Crippen LogP contribution in [0.25, 0.3) is 0 Å². The van der Waals surface area contributed by atoms with Crippen molar-refractivity contribution in [2.45, 2.75) is 46.5 Å². The van der Waals surface area contributed by atoms with E-state index in [0.717, 1.165) is 37.7 Å². The Bertz CT molecular complexity index is 230. The molecule has 1 rings (SSSR count). The molecule has 3 heteroatoms. The van der Waals surface area contributed by atoms with Gasteiger partial charge in [-0.3, -0.25) is 4.79 Å². The highest BCUT2D eigenvalue weighted by Gasteiger charge is 2.33. The number of carbonyl (C=O) groups excluding carboxylic acids is 1. The lowest BCUT2D eigenvalue weighted by atomic mass is 9.83. The predicted octanol–water partition coefficient (Wildman–Crippen LogP) is 3.45. The molecule has 0 bridgehead atoms. The molecule has 1 atom stereocenters. The number of amides is 1. The van der Waals surface area contributed by atoms with E-state index in [1.165, 1.54) is 6.42 Å². The maximum atomic E-state index is 12.1. The molecule has 1 aliphatic heterocycles. The molecule has 0 aromatic rings. The summed E-state index contributed by atoms with van der Waals surface area (Å²) in [6.07, 6.45) is 4.49. The van der Waals surface area contributed by atoms with Crippen molar-refractivity contribution in [3.8, 4) is 0 Å². The largest absolute Gasteiger partial charge is 0.342 e. The van der Waals surface area contributed by atoms with Crippen LogP contribution in [0.5, 0.6) is 0 Å². The van der Waals surface area contributed by atoms with Crippen molar-refractivity contribution in [3.05, 3.63) is 0 Å². The van der Waals surface area contributed by atoms with Crippen molar-refractivity contribution < 1.29 is 4.79 Å². The van der Waals surface area contributed by atoms with Crippen LogP contribution in [0.1, 0.15) is 46.5 Å². The molecule has 1 aliphatic rings. The van der Waals surface area contributed by atoms with Gasteiger partial charge in [0.2, 0.25) is 5.91 Å². The van der Waals surface area contributed by atoms with Gasteiger partial charge in [0.15, 0.2) is 0 Å². The maximum Gasteiger partial charge on any atom is 0.225 e. The average molecular weight is 290 g/mol. The van der Waals surface area contributed by atoms with E-state index < -0.39 is 0 Å². The first kappa shape index (κ1) is 14.0. The van der Waals surface area contributed by atoms with Crippen LogP contribution in [0.3, 0.4) is 0 Å². The van der Waals surface area contributed by atoms with E-state index in [1.807, 2.05) is 0 Å². The van der Waals surface area contributed by atoms with E-state index in [1.54, 1.807) is 0 Å². The van der Waals surface area contributed by atoms with Gasteiger partial charge in [-0.2, -0.15) is 0 Å². The third-order valence-corrected chi connectivity index (χ3v) is 5.30. The molecule has 1 unspecified atom stereocenters. The Morgan fingerprint density at radius 2 is 2.06 bits per heavy atom. The molecular formula is C13H24BrNO. The Balaban J connectivity index is 2.67. The zero-order chi connectivity index (χ0) is 12.2. The van der Waals surface area contributed by atoms with Gasteiger partial charge in [0.05, 0.1) is 0 Å². The van der Waals surface area contributed by atoms with Crippen LogP contribution >= 0.6 is 15.9 Å². The zero-order valence-electron chi connectivity index (χ0n) is 10.8. The summed E-state index contributed by atoms with van der Waals surface area (Å²) in [6, 6.07) is 0. The van der Waals surface area contributed by atoms with E-state index >= 15 is 0 Å². The first-order chi connectivity index (χ1) is 7.58. The van der Waals surface area contributed by atoms with Gasteiger partial charge < -0.3 is 4.90 Å². The lowest BCUT2D eigenvalue weighted by molar-refractivity contribution is -0.139. The first-order valence-electron chi connectivity index (χ1n) is 6.43. The van der Waals surface area contributed by atoms with Crippen LogP contribution in [-0.4, -0.2) is 29.2 Å². The number of alkyl halides is 1. The van der Waals surface area contributed by atoms with Crippen molar-refractivity contribution in [1.29, 1.82) is 0 Å². The number of carbonyl (C=O) groups is 1. The third-order valence-electron chi connectivity index (χ3n) is 4.11. The summed E-state index contributed by atoms with van der Waals surface area (Å²) < 4.78 is 0. The molecule has 2 nitrogen and oxygen atoms in total. The van der Waals surface area contributed by atoms with E-state index in [0.29, 0.717) is 5.91 Å². The second-order valence-electron chi connectivity index (χ2n) is 5.14. The second-order valence-corrected chi connectivity index (χ2v) is 5.70. The summed E-state index contributed by atoms with van der Waals surface area (Å²) in [7, 11) is 0. The van der Waals surface area contributed by atoms with Gasteiger partial charge in [0.1, 0.15) is 0 Å². The lowest BCUT2D eigenvalue weighted by Gasteiger charge is -2.39. The van der Waals surface area contributed by atoms with Gasteiger partial charge in [-0.05, 0) is 31.1 Å². The van der Waals surface area contributed by atoms with Gasteiger partial charge in [0, 0.05) is 24.3 Å². The number of rotatable bonds is 5. The molecule has 94 valence electrons. The highest BCUT2D eigenvalue weighted by molar-refractivity contribution is 9.09. The maximum absolute atomic E-state index is 12.1. The minimum absolute atomic E-state index is 0.232. The molecule has 0 aromatic heterocycles. The lowest BCUT2D eigenvalue weighted by Crippen LogP contribution is -2.46. The Morgan fingerprint density at radius 1 is 1.44 bits per heavy atom. The summed E-state index contributed by atoms with van der Waals surface area (Å²) in [6.45, 7) is 8.39. The van der Waals surface area contributed by atoms with Crippen LogP contribution in [0.15, 0.2) is 0 Å². The Hall–Kier alpha value is -0.0500. The fourth-order valence-electron chi connectivity index (χ4n) is 2.40. The van der Waals surface area contributed by atoms with E-state index in [9.17, 15) is 4.79 Å². The minimum Gasteiger partial charge on any atom is -0.342 e. The summed E-state index contributed by atoms with van der Waals surface area (Å²) in [4.78, 5) is 14.1. The van der Waals surface area contributed by atoms with E-state index in [4.69, 9.17) is 0 Å². The van der Waals surface area contributed by atoms with Crippen LogP contribution in [0, 0.1) is 11.3 Å². The van der Waals surface area contributed by atoms with Gasteiger partial charge in [-0.25, -0.2) is 0 Å². The third kappa shape index (κ3) is 2.99. The molecule has 0 N–H and O–H groups in total. The fraction of sp³-hybridized carbons (Fsp3) is 0.923. The van der Waals surface area contributed by atoms with Crippen molar-refractivity contribution in [2.24, 2.45) is 11.3 Å². The van der Waals surface area contributed by atoms with Gasteiger partial charge in [-0.15, -0.1) is 0 Å². The number of halogens is 1. The van der Waals surface area contributed by atoms with E-state index in [2.05, 4.69) is 41.6 Å². The molecule has 16 heavy (non-hydrogen) atoms. The molecule has 1 amide bonds. The summed E-state index contributed by atoms with van der Waals surface area (Å²) >= 11 is 3.62. The highest BCUT2D eigenvalue weighted by Crippen LogP contribution is 2.31. The fourth-order valence-corrected chi connectivity index (χ4v) is 3.37. The molecule has 0 radical (unpaired) electrons. The van der Waals surface area contributed by atoms with Crippen molar-refractivity contribution in [3.63, 3.8) is 0 Å². The zero-order valence-corrected chi connectivity index (χ0v) is 12.3. The Kier molecular flexibility index (Phi) is 5.29. The van der Waals surface area contributed by atoms with Crippen molar-refractivity contribution >= 4 is 21.8 Å². The van der Waals surface area contributed by atoms with Crippen LogP contribution in [-0.2, 0) is 4.79 Å². The normalized spacial score (nSPS) is 22.6. The van der Waals surface area contributed by atoms with Crippen molar-refractivity contribution in [2.75, 3.05) is 18.4 Å².